The van der Waals surface area contributed by atoms with E-state index in [1.54, 1.807) is 18.2 Å². The van der Waals surface area contributed by atoms with Gasteiger partial charge in [0.1, 0.15) is 34.6 Å². The third-order valence-corrected chi connectivity index (χ3v) is 2.91. The Kier molecular flexibility index (Phi) is 4.49. The molecule has 6 heteroatoms. The van der Waals surface area contributed by atoms with E-state index in [4.69, 9.17) is 19.3 Å². The number of benzene rings is 2. The molecular formula is C16H13NO5. The Labute approximate surface area is 127 Å². The van der Waals surface area contributed by atoms with Crippen LogP contribution in [0.4, 0.5) is 0 Å². The van der Waals surface area contributed by atoms with Crippen molar-refractivity contribution in [1.82, 2.24) is 0 Å². The van der Waals surface area contributed by atoms with Gasteiger partial charge in [0.2, 0.25) is 0 Å². The maximum atomic E-state index is 11.1. The van der Waals surface area contributed by atoms with Crippen LogP contribution in [-0.2, 0) is 0 Å². The van der Waals surface area contributed by atoms with E-state index in [9.17, 15) is 10.1 Å². The number of nitriles is 1. The summed E-state index contributed by atoms with van der Waals surface area (Å²) in [5.41, 5.74) is 0.250. The smallest absolute Gasteiger partial charge is 0.335 e. The second-order valence-corrected chi connectivity index (χ2v) is 4.25. The Morgan fingerprint density at radius 1 is 1.09 bits per heavy atom. The molecule has 0 aliphatic rings. The lowest BCUT2D eigenvalue weighted by atomic mass is 10.2. The minimum absolute atomic E-state index is 0.0238. The molecular weight excluding hydrogens is 286 g/mol. The number of ether oxygens (including phenoxy) is 3. The minimum Gasteiger partial charge on any atom is -0.497 e. The number of nitrogens with zero attached hydrogens (tertiary/aromatic N) is 1. The monoisotopic (exact) mass is 299 g/mol. The summed E-state index contributed by atoms with van der Waals surface area (Å²) >= 11 is 0. The Balaban J connectivity index is 2.45. The van der Waals surface area contributed by atoms with Crippen molar-refractivity contribution >= 4 is 5.97 Å². The lowest BCUT2D eigenvalue weighted by molar-refractivity contribution is 0.0696. The summed E-state index contributed by atoms with van der Waals surface area (Å²) in [6.45, 7) is 0. The fourth-order valence-electron chi connectivity index (χ4n) is 1.88. The van der Waals surface area contributed by atoms with E-state index >= 15 is 0 Å². The molecule has 0 saturated heterocycles. The van der Waals surface area contributed by atoms with Gasteiger partial charge in [0.05, 0.1) is 19.8 Å². The average Bonchev–Trinajstić information content (AvgIpc) is 2.54. The molecule has 22 heavy (non-hydrogen) atoms. The molecule has 0 saturated carbocycles. The number of hydrogen-bond acceptors (Lipinski definition) is 5. The fraction of sp³-hybridized carbons (Fsp3) is 0.125. The average molecular weight is 299 g/mol. The third kappa shape index (κ3) is 3.10. The molecule has 0 fully saturated rings. The Bertz CT molecular complexity index is 749. The molecule has 0 radical (unpaired) electrons. The first-order chi connectivity index (χ1) is 10.6. The van der Waals surface area contributed by atoms with Crippen LogP contribution in [0.2, 0.25) is 0 Å². The highest BCUT2D eigenvalue weighted by Crippen LogP contribution is 2.33. The van der Waals surface area contributed by atoms with Gasteiger partial charge in [-0.15, -0.1) is 0 Å². The van der Waals surface area contributed by atoms with Gasteiger partial charge in [0.15, 0.2) is 0 Å². The van der Waals surface area contributed by atoms with E-state index < -0.39 is 5.97 Å². The lowest BCUT2D eigenvalue weighted by Crippen LogP contribution is -1.99. The van der Waals surface area contributed by atoms with Crippen LogP contribution in [0.1, 0.15) is 15.9 Å². The van der Waals surface area contributed by atoms with E-state index in [1.165, 1.54) is 32.4 Å². The summed E-state index contributed by atoms with van der Waals surface area (Å²) in [6.07, 6.45) is 0. The normalized spacial score (nSPS) is 9.68. The number of carbonyl (C=O) groups is 1. The first-order valence-electron chi connectivity index (χ1n) is 6.26. The van der Waals surface area contributed by atoms with E-state index in [0.29, 0.717) is 11.5 Å². The van der Waals surface area contributed by atoms with Gasteiger partial charge in [-0.05, 0) is 24.3 Å². The van der Waals surface area contributed by atoms with E-state index in [2.05, 4.69) is 0 Å². The zero-order chi connectivity index (χ0) is 16.1. The van der Waals surface area contributed by atoms with Gasteiger partial charge in [0.25, 0.3) is 0 Å². The summed E-state index contributed by atoms with van der Waals surface area (Å²) in [6, 6.07) is 11.2. The number of carboxylic acids is 1. The SMILES string of the molecule is COc1cc(Oc2cccc(OC)c2C#N)cc(C(=O)O)c1. The number of hydrogen-bond donors (Lipinski definition) is 1. The van der Waals surface area contributed by atoms with E-state index in [0.717, 1.165) is 0 Å². The van der Waals surface area contributed by atoms with Crippen molar-refractivity contribution in [1.29, 1.82) is 5.26 Å². The van der Waals surface area contributed by atoms with Gasteiger partial charge >= 0.3 is 5.97 Å². The molecule has 0 bridgehead atoms. The van der Waals surface area contributed by atoms with Crippen molar-refractivity contribution in [2.24, 2.45) is 0 Å². The summed E-state index contributed by atoms with van der Waals surface area (Å²) in [7, 11) is 2.88. The quantitative estimate of drug-likeness (QED) is 0.912. The number of rotatable bonds is 5. The van der Waals surface area contributed by atoms with Gasteiger partial charge in [-0.25, -0.2) is 4.79 Å². The van der Waals surface area contributed by atoms with Crippen LogP contribution < -0.4 is 14.2 Å². The van der Waals surface area contributed by atoms with Crippen molar-refractivity contribution in [2.75, 3.05) is 14.2 Å². The van der Waals surface area contributed by atoms with Crippen LogP contribution in [-0.4, -0.2) is 25.3 Å². The minimum atomic E-state index is -1.10. The number of aromatic carboxylic acids is 1. The number of methoxy groups -OCH3 is 2. The number of carboxylic acid groups (broad SMARTS) is 1. The fourth-order valence-corrected chi connectivity index (χ4v) is 1.88. The molecule has 112 valence electrons. The Hall–Kier alpha value is -3.20. The molecule has 0 aromatic heterocycles. The molecule has 0 spiro atoms. The highest BCUT2D eigenvalue weighted by molar-refractivity contribution is 5.88. The molecule has 1 N–H and O–H groups in total. The zero-order valence-electron chi connectivity index (χ0n) is 12.0. The van der Waals surface area contributed by atoms with Crippen LogP contribution in [0.15, 0.2) is 36.4 Å². The Morgan fingerprint density at radius 3 is 2.36 bits per heavy atom. The van der Waals surface area contributed by atoms with Crippen molar-refractivity contribution in [2.45, 2.75) is 0 Å². The first-order valence-corrected chi connectivity index (χ1v) is 6.26. The highest BCUT2D eigenvalue weighted by Gasteiger charge is 2.13. The summed E-state index contributed by atoms with van der Waals surface area (Å²) in [5, 5.41) is 18.3. The molecule has 0 heterocycles. The van der Waals surface area contributed by atoms with Gasteiger partial charge in [0, 0.05) is 6.07 Å². The molecule has 0 aliphatic heterocycles. The van der Waals surface area contributed by atoms with Crippen molar-refractivity contribution in [3.8, 4) is 29.1 Å². The topological polar surface area (TPSA) is 88.8 Å². The summed E-state index contributed by atoms with van der Waals surface area (Å²) < 4.78 is 15.8. The van der Waals surface area contributed by atoms with E-state index in [-0.39, 0.29) is 22.6 Å². The standard InChI is InChI=1S/C16H13NO5/c1-20-11-6-10(16(18)19)7-12(8-11)22-15-5-3-4-14(21-2)13(15)9-17/h3-8H,1-2H3,(H,18,19). The molecule has 0 unspecified atom stereocenters. The molecule has 6 nitrogen and oxygen atoms in total. The van der Waals surface area contributed by atoms with Crippen LogP contribution in [0.5, 0.6) is 23.0 Å². The van der Waals surface area contributed by atoms with E-state index in [1.807, 2.05) is 6.07 Å². The zero-order valence-corrected chi connectivity index (χ0v) is 12.0. The molecule has 2 rings (SSSR count). The molecule has 0 aliphatic carbocycles. The van der Waals surface area contributed by atoms with Crippen LogP contribution in [0, 0.1) is 11.3 Å². The van der Waals surface area contributed by atoms with Gasteiger partial charge in [-0.2, -0.15) is 5.26 Å². The van der Waals surface area contributed by atoms with Crippen molar-refractivity contribution in [3.05, 3.63) is 47.5 Å². The van der Waals surface area contributed by atoms with Crippen LogP contribution in [0.3, 0.4) is 0 Å². The predicted molar refractivity (Wildman–Crippen MR) is 77.7 cm³/mol. The third-order valence-electron chi connectivity index (χ3n) is 2.91. The Morgan fingerprint density at radius 2 is 1.77 bits per heavy atom. The van der Waals surface area contributed by atoms with Crippen LogP contribution in [0.25, 0.3) is 0 Å². The molecule has 2 aromatic rings. The van der Waals surface area contributed by atoms with Gasteiger partial charge in [-0.3, -0.25) is 0 Å². The summed E-state index contributed by atoms with van der Waals surface area (Å²) in [5.74, 6) is 0.139. The molecule has 0 amide bonds. The van der Waals surface area contributed by atoms with Crippen molar-refractivity contribution in [3.63, 3.8) is 0 Å². The highest BCUT2D eigenvalue weighted by atomic mass is 16.5. The second kappa shape index (κ2) is 6.50. The molecule has 0 atom stereocenters. The molecule has 2 aromatic carbocycles. The van der Waals surface area contributed by atoms with Crippen LogP contribution >= 0.6 is 0 Å². The maximum Gasteiger partial charge on any atom is 0.335 e. The first kappa shape index (κ1) is 15.2. The second-order valence-electron chi connectivity index (χ2n) is 4.25. The predicted octanol–water partition coefficient (Wildman–Crippen LogP) is 3.07. The van der Waals surface area contributed by atoms with Gasteiger partial charge in [-0.1, -0.05) is 6.07 Å². The summed E-state index contributed by atoms with van der Waals surface area (Å²) in [4.78, 5) is 11.1. The van der Waals surface area contributed by atoms with Gasteiger partial charge < -0.3 is 19.3 Å². The largest absolute Gasteiger partial charge is 0.497 e. The van der Waals surface area contributed by atoms with Crippen molar-refractivity contribution < 1.29 is 24.1 Å². The maximum absolute atomic E-state index is 11.1. The lowest BCUT2D eigenvalue weighted by Gasteiger charge is -2.11.